The van der Waals surface area contributed by atoms with Crippen LogP contribution in [0.1, 0.15) is 10.5 Å². The van der Waals surface area contributed by atoms with Gasteiger partial charge in [-0.05, 0) is 12.1 Å². The predicted octanol–water partition coefficient (Wildman–Crippen LogP) is 0.818. The minimum atomic E-state index is -2.85. The molecular weight excluding hydrogens is 222 g/mol. The maximum Gasteiger partial charge on any atom is 0.354 e. The number of nitrogens with one attached hydrogen (secondary N) is 1. The lowest BCUT2D eigenvalue weighted by molar-refractivity contribution is 0.00380. The van der Waals surface area contributed by atoms with E-state index < -0.39 is 25.0 Å². The molecule has 5 nitrogen and oxygen atoms in total. The van der Waals surface area contributed by atoms with Crippen molar-refractivity contribution in [2.75, 3.05) is 11.9 Å². The topological polar surface area (TPSA) is 82.5 Å². The first kappa shape index (κ1) is 12.3. The van der Waals surface area contributed by atoms with E-state index in [4.69, 9.17) is 10.2 Å². The summed E-state index contributed by atoms with van der Waals surface area (Å²) >= 11 is 0. The Balaban J connectivity index is 2.61. The molecule has 0 aliphatic rings. The molecule has 0 saturated heterocycles. The average Bonchev–Trinajstić information content (AvgIpc) is 2.26. The lowest BCUT2D eigenvalue weighted by Crippen LogP contribution is -2.27. The molecule has 1 aromatic heterocycles. The zero-order valence-corrected chi connectivity index (χ0v) is 8.10. The highest BCUT2D eigenvalue weighted by Gasteiger charge is 2.16. The van der Waals surface area contributed by atoms with Crippen molar-refractivity contribution in [1.82, 2.24) is 4.98 Å². The highest BCUT2D eigenvalue weighted by molar-refractivity contribution is 5.85. The second-order valence-electron chi connectivity index (χ2n) is 3.00. The van der Waals surface area contributed by atoms with Gasteiger partial charge in [0.05, 0.1) is 0 Å². The van der Waals surface area contributed by atoms with E-state index >= 15 is 0 Å². The third-order valence-electron chi connectivity index (χ3n) is 1.75. The number of aromatic carboxylic acids is 1. The maximum absolute atomic E-state index is 11.9. The summed E-state index contributed by atoms with van der Waals surface area (Å²) in [5.74, 6) is -1.09. The second-order valence-corrected chi connectivity index (χ2v) is 3.00. The van der Waals surface area contributed by atoms with E-state index in [0.717, 1.165) is 0 Å². The highest BCUT2D eigenvalue weighted by atomic mass is 19.3. The molecule has 0 fully saturated rings. The van der Waals surface area contributed by atoms with Gasteiger partial charge in [0.2, 0.25) is 0 Å². The van der Waals surface area contributed by atoms with E-state index in [-0.39, 0.29) is 11.5 Å². The number of anilines is 1. The van der Waals surface area contributed by atoms with Crippen LogP contribution in [0.5, 0.6) is 0 Å². The number of rotatable bonds is 5. The Bertz CT molecular complexity index is 374. The van der Waals surface area contributed by atoms with E-state index in [1.54, 1.807) is 0 Å². The molecule has 7 heteroatoms. The van der Waals surface area contributed by atoms with Gasteiger partial charge in [0.15, 0.2) is 5.69 Å². The Morgan fingerprint density at radius 1 is 1.50 bits per heavy atom. The zero-order chi connectivity index (χ0) is 12.1. The van der Waals surface area contributed by atoms with E-state index in [1.165, 1.54) is 18.2 Å². The number of aromatic nitrogens is 1. The number of hydrogen-bond donors (Lipinski definition) is 3. The monoisotopic (exact) mass is 232 g/mol. The minimum absolute atomic E-state index is 0.125. The van der Waals surface area contributed by atoms with Crippen LogP contribution in [-0.4, -0.2) is 40.2 Å². The molecule has 0 aliphatic heterocycles. The van der Waals surface area contributed by atoms with Crippen molar-refractivity contribution >= 4 is 11.8 Å². The van der Waals surface area contributed by atoms with Crippen molar-refractivity contribution in [2.24, 2.45) is 0 Å². The van der Waals surface area contributed by atoms with Crippen molar-refractivity contribution < 1.29 is 23.8 Å². The minimum Gasteiger partial charge on any atom is -0.477 e. The van der Waals surface area contributed by atoms with Crippen LogP contribution in [0.4, 0.5) is 14.6 Å². The molecule has 0 spiro atoms. The largest absolute Gasteiger partial charge is 0.477 e. The Morgan fingerprint density at radius 2 is 2.19 bits per heavy atom. The van der Waals surface area contributed by atoms with Crippen molar-refractivity contribution in [3.63, 3.8) is 0 Å². The Hall–Kier alpha value is -1.76. The molecule has 1 rings (SSSR count). The smallest absolute Gasteiger partial charge is 0.354 e. The van der Waals surface area contributed by atoms with Crippen molar-refractivity contribution in [3.8, 4) is 0 Å². The summed E-state index contributed by atoms with van der Waals surface area (Å²) in [6.45, 7) is -0.395. The van der Waals surface area contributed by atoms with E-state index in [9.17, 15) is 13.6 Å². The van der Waals surface area contributed by atoms with Gasteiger partial charge in [-0.15, -0.1) is 0 Å². The van der Waals surface area contributed by atoms with Crippen LogP contribution in [0.3, 0.4) is 0 Å². The number of pyridine rings is 1. The van der Waals surface area contributed by atoms with Crippen LogP contribution in [0.15, 0.2) is 18.2 Å². The molecule has 1 aromatic rings. The zero-order valence-electron chi connectivity index (χ0n) is 8.10. The number of carboxylic acids is 1. The standard InChI is InChI=1S/C9H10F2N2O3/c10-8(11)6(14)4-12-7-3-1-2-5(13-7)9(15)16/h1-3,6,8,14H,4H2,(H,12,13)(H,15,16). The highest BCUT2D eigenvalue weighted by Crippen LogP contribution is 2.06. The molecular formula is C9H10F2N2O3. The molecule has 1 unspecified atom stereocenters. The average molecular weight is 232 g/mol. The summed E-state index contributed by atoms with van der Waals surface area (Å²) in [4.78, 5) is 14.2. The van der Waals surface area contributed by atoms with Gasteiger partial charge in [0, 0.05) is 6.54 Å². The fraction of sp³-hybridized carbons (Fsp3) is 0.333. The quantitative estimate of drug-likeness (QED) is 0.700. The molecule has 0 amide bonds. The fourth-order valence-electron chi connectivity index (χ4n) is 0.950. The Kier molecular flexibility index (Phi) is 4.12. The predicted molar refractivity (Wildman–Crippen MR) is 51.7 cm³/mol. The van der Waals surface area contributed by atoms with Crippen LogP contribution < -0.4 is 5.32 Å². The number of alkyl halides is 2. The van der Waals surface area contributed by atoms with Gasteiger partial charge in [0.25, 0.3) is 6.43 Å². The van der Waals surface area contributed by atoms with Crippen molar-refractivity contribution in [1.29, 1.82) is 0 Å². The summed E-state index contributed by atoms with van der Waals surface area (Å²) in [5.41, 5.74) is -0.198. The third-order valence-corrected chi connectivity index (χ3v) is 1.75. The SMILES string of the molecule is O=C(O)c1cccc(NCC(O)C(F)F)n1. The van der Waals surface area contributed by atoms with Gasteiger partial charge in [0.1, 0.15) is 11.9 Å². The lowest BCUT2D eigenvalue weighted by Gasteiger charge is -2.11. The van der Waals surface area contributed by atoms with Crippen LogP contribution in [0.25, 0.3) is 0 Å². The van der Waals surface area contributed by atoms with Crippen LogP contribution >= 0.6 is 0 Å². The van der Waals surface area contributed by atoms with Gasteiger partial charge in [-0.1, -0.05) is 6.07 Å². The molecule has 0 aliphatic carbocycles. The Morgan fingerprint density at radius 3 is 2.75 bits per heavy atom. The van der Waals surface area contributed by atoms with Crippen molar-refractivity contribution in [3.05, 3.63) is 23.9 Å². The molecule has 88 valence electrons. The molecule has 3 N–H and O–H groups in total. The summed E-state index contributed by atoms with van der Waals surface area (Å²) in [5, 5.41) is 19.8. The summed E-state index contributed by atoms with van der Waals surface area (Å²) in [7, 11) is 0. The summed E-state index contributed by atoms with van der Waals surface area (Å²) < 4.78 is 23.9. The molecule has 16 heavy (non-hydrogen) atoms. The molecule has 0 radical (unpaired) electrons. The van der Waals surface area contributed by atoms with Gasteiger partial charge in [-0.3, -0.25) is 0 Å². The molecule has 0 saturated carbocycles. The number of carboxylic acid groups (broad SMARTS) is 1. The van der Waals surface area contributed by atoms with E-state index in [2.05, 4.69) is 10.3 Å². The number of hydrogen-bond acceptors (Lipinski definition) is 4. The Labute approximate surface area is 89.7 Å². The van der Waals surface area contributed by atoms with Crippen LogP contribution in [0, 0.1) is 0 Å². The first-order chi connectivity index (χ1) is 7.50. The van der Waals surface area contributed by atoms with Crippen molar-refractivity contribution in [2.45, 2.75) is 12.5 Å². The summed E-state index contributed by atoms with van der Waals surface area (Å²) in [6, 6.07) is 4.12. The van der Waals surface area contributed by atoms with E-state index in [0.29, 0.717) is 0 Å². The van der Waals surface area contributed by atoms with Gasteiger partial charge >= 0.3 is 5.97 Å². The van der Waals surface area contributed by atoms with E-state index in [1.807, 2.05) is 0 Å². The van der Waals surface area contributed by atoms with Crippen LogP contribution in [-0.2, 0) is 0 Å². The number of halogens is 2. The fourth-order valence-corrected chi connectivity index (χ4v) is 0.950. The first-order valence-corrected chi connectivity index (χ1v) is 4.41. The number of nitrogens with zero attached hydrogens (tertiary/aromatic N) is 1. The molecule has 0 bridgehead atoms. The molecule has 0 aromatic carbocycles. The first-order valence-electron chi connectivity index (χ1n) is 4.41. The van der Waals surface area contributed by atoms with Gasteiger partial charge < -0.3 is 15.5 Å². The number of aliphatic hydroxyl groups is 1. The van der Waals surface area contributed by atoms with Gasteiger partial charge in [-0.25, -0.2) is 18.6 Å². The normalized spacial score (nSPS) is 12.5. The lowest BCUT2D eigenvalue weighted by atomic mass is 10.3. The second kappa shape index (κ2) is 5.36. The third kappa shape index (κ3) is 3.43. The number of aliphatic hydroxyl groups excluding tert-OH is 1. The van der Waals surface area contributed by atoms with Gasteiger partial charge in [-0.2, -0.15) is 0 Å². The molecule has 1 heterocycles. The molecule has 1 atom stereocenters. The van der Waals surface area contributed by atoms with Crippen LogP contribution in [0.2, 0.25) is 0 Å². The summed E-state index contributed by atoms with van der Waals surface area (Å²) in [6.07, 6.45) is -4.66. The maximum atomic E-state index is 11.9. The number of carbonyl (C=O) groups is 1.